The number of aliphatic carboxylic acids is 1. The number of ketones is 1. The average molecular weight is 544 g/mol. The van der Waals surface area contributed by atoms with Crippen molar-refractivity contribution in [2.24, 2.45) is 5.92 Å². The van der Waals surface area contributed by atoms with Crippen molar-refractivity contribution in [3.05, 3.63) is 82.3 Å². The third-order valence-electron chi connectivity index (χ3n) is 6.35. The van der Waals surface area contributed by atoms with Crippen molar-refractivity contribution in [2.45, 2.75) is 45.3 Å². The van der Waals surface area contributed by atoms with Gasteiger partial charge in [0, 0.05) is 33.3 Å². The summed E-state index contributed by atoms with van der Waals surface area (Å²) in [6.07, 6.45) is -0.730. The smallest absolute Gasteiger partial charge is 0.332 e. The standard InChI is InChI=1S/C29H31Cl2NO5/c1-3-18(2)26(32-22-9-4-20(5-10-22)27(33)14-15-28(34)29(35)36)17-37-23-11-6-19(7-12-23)24-13-8-21(30)16-25(24)31/h4-13,16,18,26,28,32,34H,3,14-15,17H2,1-2H3,(H,35,36)/t18-,26+,28+/m0/s1. The van der Waals surface area contributed by atoms with Crippen LogP contribution in [0.4, 0.5) is 5.69 Å². The van der Waals surface area contributed by atoms with E-state index in [0.29, 0.717) is 28.1 Å². The predicted octanol–water partition coefficient (Wildman–Crippen LogP) is 6.97. The maximum atomic E-state index is 12.3. The molecule has 0 aromatic heterocycles. The van der Waals surface area contributed by atoms with E-state index in [4.69, 9.17) is 33.0 Å². The van der Waals surface area contributed by atoms with Gasteiger partial charge in [-0.25, -0.2) is 4.79 Å². The number of carbonyl (C=O) groups excluding carboxylic acids is 1. The zero-order valence-electron chi connectivity index (χ0n) is 20.8. The largest absolute Gasteiger partial charge is 0.491 e. The van der Waals surface area contributed by atoms with Crippen molar-refractivity contribution in [2.75, 3.05) is 11.9 Å². The van der Waals surface area contributed by atoms with Crippen molar-refractivity contribution >= 4 is 40.6 Å². The molecule has 0 saturated carbocycles. The summed E-state index contributed by atoms with van der Waals surface area (Å²) in [6, 6.07) is 20.2. The number of halogens is 2. The van der Waals surface area contributed by atoms with Gasteiger partial charge >= 0.3 is 5.97 Å². The number of ether oxygens (including phenoxy) is 1. The molecule has 196 valence electrons. The Morgan fingerprint density at radius 2 is 1.68 bits per heavy atom. The van der Waals surface area contributed by atoms with Crippen LogP contribution in [0.15, 0.2) is 66.7 Å². The number of carbonyl (C=O) groups is 2. The normalized spacial score (nSPS) is 13.4. The molecule has 0 saturated heterocycles. The van der Waals surface area contributed by atoms with Gasteiger partial charge in [0.1, 0.15) is 12.4 Å². The average Bonchev–Trinajstić information content (AvgIpc) is 2.89. The predicted molar refractivity (Wildman–Crippen MR) is 148 cm³/mol. The lowest BCUT2D eigenvalue weighted by molar-refractivity contribution is -0.146. The summed E-state index contributed by atoms with van der Waals surface area (Å²) >= 11 is 12.3. The summed E-state index contributed by atoms with van der Waals surface area (Å²) in [4.78, 5) is 23.0. The quantitative estimate of drug-likeness (QED) is 0.201. The Labute approximate surface area is 227 Å². The molecule has 0 spiro atoms. The van der Waals surface area contributed by atoms with Crippen LogP contribution in [-0.2, 0) is 4.79 Å². The monoisotopic (exact) mass is 543 g/mol. The van der Waals surface area contributed by atoms with E-state index >= 15 is 0 Å². The molecule has 0 aliphatic carbocycles. The van der Waals surface area contributed by atoms with Crippen LogP contribution in [0.3, 0.4) is 0 Å². The van der Waals surface area contributed by atoms with Gasteiger partial charge in [-0.3, -0.25) is 4.79 Å². The maximum absolute atomic E-state index is 12.3. The summed E-state index contributed by atoms with van der Waals surface area (Å²) < 4.78 is 6.10. The van der Waals surface area contributed by atoms with Gasteiger partial charge in [-0.05, 0) is 66.4 Å². The van der Waals surface area contributed by atoms with E-state index in [1.165, 1.54) is 0 Å². The summed E-state index contributed by atoms with van der Waals surface area (Å²) in [6.45, 7) is 4.72. The highest BCUT2D eigenvalue weighted by atomic mass is 35.5. The van der Waals surface area contributed by atoms with Crippen LogP contribution in [0.25, 0.3) is 11.1 Å². The first-order valence-electron chi connectivity index (χ1n) is 12.2. The van der Waals surface area contributed by atoms with E-state index in [0.717, 1.165) is 29.0 Å². The Bertz CT molecular complexity index is 1200. The minimum atomic E-state index is -1.53. The van der Waals surface area contributed by atoms with Gasteiger partial charge in [-0.1, -0.05) is 61.7 Å². The molecule has 0 aliphatic rings. The Balaban J connectivity index is 1.60. The van der Waals surface area contributed by atoms with E-state index in [-0.39, 0.29) is 24.7 Å². The minimum absolute atomic E-state index is 0.0302. The molecule has 3 rings (SSSR count). The SMILES string of the molecule is CC[C@H](C)[C@@H](COc1ccc(-c2ccc(Cl)cc2Cl)cc1)Nc1ccc(C(=O)CC[C@@H](O)C(=O)O)cc1. The number of aliphatic hydroxyl groups excluding tert-OH is 1. The maximum Gasteiger partial charge on any atom is 0.332 e. The van der Waals surface area contributed by atoms with Gasteiger partial charge < -0.3 is 20.3 Å². The number of carboxylic acids is 1. The second-order valence-electron chi connectivity index (χ2n) is 8.99. The highest BCUT2D eigenvalue weighted by Gasteiger charge is 2.18. The summed E-state index contributed by atoms with van der Waals surface area (Å²) in [7, 11) is 0. The summed E-state index contributed by atoms with van der Waals surface area (Å²) in [5.74, 6) is -0.469. The molecule has 0 unspecified atom stereocenters. The molecule has 3 aromatic carbocycles. The van der Waals surface area contributed by atoms with Crippen molar-refractivity contribution in [1.29, 1.82) is 0 Å². The fourth-order valence-electron chi connectivity index (χ4n) is 3.78. The zero-order valence-corrected chi connectivity index (χ0v) is 22.3. The lowest BCUT2D eigenvalue weighted by Gasteiger charge is -2.25. The Morgan fingerprint density at radius 1 is 1.00 bits per heavy atom. The minimum Gasteiger partial charge on any atom is -0.491 e. The second kappa shape index (κ2) is 13.5. The zero-order chi connectivity index (χ0) is 26.9. The van der Waals surface area contributed by atoms with Gasteiger partial charge in [-0.2, -0.15) is 0 Å². The summed E-state index contributed by atoms with van der Waals surface area (Å²) in [5.41, 5.74) is 3.19. The fourth-order valence-corrected chi connectivity index (χ4v) is 4.29. The topological polar surface area (TPSA) is 95.9 Å². The molecule has 0 heterocycles. The lowest BCUT2D eigenvalue weighted by atomic mass is 9.99. The van der Waals surface area contributed by atoms with Gasteiger partial charge in [-0.15, -0.1) is 0 Å². The van der Waals surface area contributed by atoms with Crippen LogP contribution in [0.5, 0.6) is 5.75 Å². The fraction of sp³-hybridized carbons (Fsp3) is 0.310. The van der Waals surface area contributed by atoms with Crippen LogP contribution in [0.2, 0.25) is 10.0 Å². The van der Waals surface area contributed by atoms with Crippen molar-refractivity contribution in [3.8, 4) is 16.9 Å². The van der Waals surface area contributed by atoms with Gasteiger partial charge in [0.25, 0.3) is 0 Å². The first kappa shape index (κ1) is 28.5. The molecule has 0 aliphatic heterocycles. The number of anilines is 1. The summed E-state index contributed by atoms with van der Waals surface area (Å²) in [5, 5.41) is 22.8. The molecule has 0 bridgehead atoms. The first-order valence-corrected chi connectivity index (χ1v) is 12.9. The molecule has 3 N–H and O–H groups in total. The molecule has 0 fully saturated rings. The number of aliphatic hydroxyl groups is 1. The number of carboxylic acid groups (broad SMARTS) is 1. The van der Waals surface area contributed by atoms with Crippen molar-refractivity contribution in [1.82, 2.24) is 0 Å². The molecular weight excluding hydrogens is 513 g/mol. The Morgan fingerprint density at radius 3 is 2.27 bits per heavy atom. The van der Waals surface area contributed by atoms with Crippen LogP contribution in [-0.4, -0.2) is 40.7 Å². The van der Waals surface area contributed by atoms with Gasteiger partial charge in [0.2, 0.25) is 0 Å². The molecule has 0 radical (unpaired) electrons. The van der Waals surface area contributed by atoms with Crippen LogP contribution in [0.1, 0.15) is 43.5 Å². The third-order valence-corrected chi connectivity index (χ3v) is 6.89. The van der Waals surface area contributed by atoms with E-state index in [2.05, 4.69) is 19.2 Å². The van der Waals surface area contributed by atoms with E-state index in [1.807, 2.05) is 48.5 Å². The van der Waals surface area contributed by atoms with Gasteiger partial charge in [0.05, 0.1) is 6.04 Å². The number of hydrogen-bond acceptors (Lipinski definition) is 5. The molecular formula is C29H31Cl2NO5. The third kappa shape index (κ3) is 8.22. The highest BCUT2D eigenvalue weighted by Crippen LogP contribution is 2.31. The number of benzene rings is 3. The van der Waals surface area contributed by atoms with Crippen molar-refractivity contribution in [3.63, 3.8) is 0 Å². The van der Waals surface area contributed by atoms with E-state index in [1.54, 1.807) is 18.2 Å². The second-order valence-corrected chi connectivity index (χ2v) is 9.83. The number of rotatable bonds is 13. The van der Waals surface area contributed by atoms with Crippen LogP contribution >= 0.6 is 23.2 Å². The molecule has 0 amide bonds. The van der Waals surface area contributed by atoms with Gasteiger partial charge in [0.15, 0.2) is 11.9 Å². The molecule has 8 heteroatoms. The van der Waals surface area contributed by atoms with Crippen LogP contribution < -0.4 is 10.1 Å². The first-order chi connectivity index (χ1) is 17.7. The van der Waals surface area contributed by atoms with Crippen LogP contribution in [0, 0.1) is 5.92 Å². The lowest BCUT2D eigenvalue weighted by Crippen LogP contribution is -2.33. The Kier molecular flexibility index (Phi) is 10.4. The number of hydrogen-bond donors (Lipinski definition) is 3. The number of nitrogens with one attached hydrogen (secondary N) is 1. The van der Waals surface area contributed by atoms with E-state index < -0.39 is 12.1 Å². The molecule has 3 aromatic rings. The molecule has 37 heavy (non-hydrogen) atoms. The van der Waals surface area contributed by atoms with Crippen molar-refractivity contribution < 1.29 is 24.5 Å². The molecule has 6 nitrogen and oxygen atoms in total. The Hall–Kier alpha value is -3.06. The number of Topliss-reactive ketones (excluding diaryl/α,β-unsaturated/α-hetero) is 1. The van der Waals surface area contributed by atoms with E-state index in [9.17, 15) is 14.7 Å². The molecule has 3 atom stereocenters. The highest BCUT2D eigenvalue weighted by molar-refractivity contribution is 6.36.